The summed E-state index contributed by atoms with van der Waals surface area (Å²) in [4.78, 5) is 12.1. The third kappa shape index (κ3) is 2.88. The van der Waals surface area contributed by atoms with Crippen molar-refractivity contribution < 1.29 is 9.18 Å². The summed E-state index contributed by atoms with van der Waals surface area (Å²) in [6, 6.07) is 12.6. The zero-order valence-corrected chi connectivity index (χ0v) is 15.9. The number of rotatable bonds is 4. The van der Waals surface area contributed by atoms with E-state index in [9.17, 15) is 9.18 Å². The normalized spacial score (nSPS) is 11.2. The summed E-state index contributed by atoms with van der Waals surface area (Å²) in [6.45, 7) is 10.4. The van der Waals surface area contributed by atoms with Crippen LogP contribution in [0.3, 0.4) is 0 Å². The molecular weight excluding hydrogens is 325 g/mol. The number of aromatic nitrogens is 1. The lowest BCUT2D eigenvalue weighted by molar-refractivity contribution is 0.112. The van der Waals surface area contributed by atoms with Gasteiger partial charge in [-0.25, -0.2) is 4.39 Å². The van der Waals surface area contributed by atoms with Crippen LogP contribution in [0.4, 0.5) is 4.39 Å². The van der Waals surface area contributed by atoms with Crippen molar-refractivity contribution >= 4 is 6.29 Å². The summed E-state index contributed by atoms with van der Waals surface area (Å²) in [7, 11) is 0. The fourth-order valence-electron chi connectivity index (χ4n) is 3.91. The van der Waals surface area contributed by atoms with Gasteiger partial charge in [0.1, 0.15) is 5.82 Å². The molecule has 3 aromatic rings. The lowest BCUT2D eigenvalue weighted by atomic mass is 9.97. The van der Waals surface area contributed by atoms with Gasteiger partial charge in [-0.05, 0) is 73.2 Å². The lowest BCUT2D eigenvalue weighted by Gasteiger charge is -2.18. The second-order valence-corrected chi connectivity index (χ2v) is 7.12. The van der Waals surface area contributed by atoms with E-state index in [4.69, 9.17) is 0 Å². The highest BCUT2D eigenvalue weighted by atomic mass is 19.1. The Morgan fingerprint density at radius 2 is 1.54 bits per heavy atom. The van der Waals surface area contributed by atoms with Gasteiger partial charge in [-0.15, -0.1) is 0 Å². The molecule has 3 heteroatoms. The second kappa shape index (κ2) is 6.91. The monoisotopic (exact) mass is 349 g/mol. The Balaban J connectivity index is 2.47. The number of benzene rings is 2. The average molecular weight is 349 g/mol. The third-order valence-corrected chi connectivity index (χ3v) is 4.97. The van der Waals surface area contributed by atoms with E-state index in [0.717, 1.165) is 45.6 Å². The Morgan fingerprint density at radius 1 is 0.962 bits per heavy atom. The standard InChI is InChI=1S/C23H24FNO/c1-14(2)21-17(5)25(22-15(3)7-6-8-16(22)4)23(20(21)13-26)18-9-11-19(24)12-10-18/h6-14H,1-5H3. The first-order valence-corrected chi connectivity index (χ1v) is 8.89. The van der Waals surface area contributed by atoms with Crippen LogP contribution in [-0.2, 0) is 0 Å². The van der Waals surface area contributed by atoms with E-state index in [1.54, 1.807) is 12.1 Å². The van der Waals surface area contributed by atoms with Crippen LogP contribution in [0.15, 0.2) is 42.5 Å². The van der Waals surface area contributed by atoms with Crippen molar-refractivity contribution in [2.45, 2.75) is 40.5 Å². The molecule has 0 aliphatic heterocycles. The van der Waals surface area contributed by atoms with Gasteiger partial charge in [0, 0.05) is 11.3 Å². The zero-order valence-electron chi connectivity index (χ0n) is 15.9. The highest BCUT2D eigenvalue weighted by Crippen LogP contribution is 2.38. The summed E-state index contributed by atoms with van der Waals surface area (Å²) >= 11 is 0. The van der Waals surface area contributed by atoms with Gasteiger partial charge in [-0.3, -0.25) is 4.79 Å². The van der Waals surface area contributed by atoms with Crippen molar-refractivity contribution in [3.8, 4) is 16.9 Å². The highest BCUT2D eigenvalue weighted by Gasteiger charge is 2.25. The third-order valence-electron chi connectivity index (χ3n) is 4.97. The molecular formula is C23H24FNO. The number of aryl methyl sites for hydroxylation is 2. The first kappa shape index (κ1) is 18.1. The van der Waals surface area contributed by atoms with Crippen LogP contribution < -0.4 is 0 Å². The van der Waals surface area contributed by atoms with Crippen LogP contribution >= 0.6 is 0 Å². The molecule has 0 unspecified atom stereocenters. The molecule has 0 radical (unpaired) electrons. The lowest BCUT2D eigenvalue weighted by Crippen LogP contribution is -2.05. The van der Waals surface area contributed by atoms with Crippen molar-refractivity contribution in [1.82, 2.24) is 4.57 Å². The minimum atomic E-state index is -0.285. The number of hydrogen-bond donors (Lipinski definition) is 0. The van der Waals surface area contributed by atoms with Crippen molar-refractivity contribution in [2.24, 2.45) is 0 Å². The Bertz CT molecular complexity index is 945. The molecule has 0 saturated heterocycles. The van der Waals surface area contributed by atoms with Gasteiger partial charge in [0.25, 0.3) is 0 Å². The molecule has 1 heterocycles. The number of carbonyl (C=O) groups is 1. The van der Waals surface area contributed by atoms with Gasteiger partial charge in [0.15, 0.2) is 6.29 Å². The van der Waals surface area contributed by atoms with E-state index in [2.05, 4.69) is 51.3 Å². The summed E-state index contributed by atoms with van der Waals surface area (Å²) in [5.74, 6) is -0.0765. The zero-order chi connectivity index (χ0) is 19.0. The van der Waals surface area contributed by atoms with Gasteiger partial charge in [-0.2, -0.15) is 0 Å². The Kier molecular flexibility index (Phi) is 4.82. The average Bonchev–Trinajstić information content (AvgIpc) is 2.88. The van der Waals surface area contributed by atoms with Crippen LogP contribution in [0, 0.1) is 26.6 Å². The predicted molar refractivity (Wildman–Crippen MR) is 105 cm³/mol. The maximum Gasteiger partial charge on any atom is 0.152 e. The van der Waals surface area contributed by atoms with Gasteiger partial charge >= 0.3 is 0 Å². The van der Waals surface area contributed by atoms with Crippen molar-refractivity contribution in [2.75, 3.05) is 0 Å². The van der Waals surface area contributed by atoms with Crippen molar-refractivity contribution in [3.05, 3.63) is 76.2 Å². The molecule has 0 fully saturated rings. The first-order valence-electron chi connectivity index (χ1n) is 8.89. The molecule has 2 nitrogen and oxygen atoms in total. The van der Waals surface area contributed by atoms with E-state index in [0.29, 0.717) is 5.56 Å². The number of aldehydes is 1. The molecule has 0 spiro atoms. The van der Waals surface area contributed by atoms with Gasteiger partial charge in [0.2, 0.25) is 0 Å². The number of nitrogens with zero attached hydrogens (tertiary/aromatic N) is 1. The van der Waals surface area contributed by atoms with Crippen LogP contribution in [0.25, 0.3) is 16.9 Å². The number of halogens is 1. The molecule has 2 aromatic carbocycles. The van der Waals surface area contributed by atoms with E-state index < -0.39 is 0 Å². The maximum atomic E-state index is 13.5. The molecule has 0 atom stereocenters. The van der Waals surface area contributed by atoms with Gasteiger partial charge in [0.05, 0.1) is 11.4 Å². The summed E-state index contributed by atoms with van der Waals surface area (Å²) < 4.78 is 15.6. The number of carbonyl (C=O) groups excluding carboxylic acids is 1. The molecule has 0 saturated carbocycles. The molecule has 0 aliphatic carbocycles. The minimum absolute atomic E-state index is 0.208. The predicted octanol–water partition coefficient (Wildman–Crippen LogP) is 6.14. The minimum Gasteiger partial charge on any atom is -0.312 e. The van der Waals surface area contributed by atoms with E-state index in [-0.39, 0.29) is 11.7 Å². The SMILES string of the molecule is Cc1cccc(C)c1-n1c(C)c(C(C)C)c(C=O)c1-c1ccc(F)cc1. The molecule has 0 amide bonds. The Hall–Kier alpha value is -2.68. The fraction of sp³-hybridized carbons (Fsp3) is 0.261. The van der Waals surface area contributed by atoms with Crippen molar-refractivity contribution in [3.63, 3.8) is 0 Å². The smallest absolute Gasteiger partial charge is 0.152 e. The van der Waals surface area contributed by atoms with Crippen LogP contribution in [0.2, 0.25) is 0 Å². The van der Waals surface area contributed by atoms with E-state index in [1.807, 2.05) is 6.07 Å². The summed E-state index contributed by atoms with van der Waals surface area (Å²) in [6.07, 6.45) is 0.936. The maximum absolute atomic E-state index is 13.5. The van der Waals surface area contributed by atoms with E-state index >= 15 is 0 Å². The van der Waals surface area contributed by atoms with Crippen LogP contribution in [0.1, 0.15) is 52.5 Å². The number of para-hydroxylation sites is 1. The van der Waals surface area contributed by atoms with Crippen LogP contribution in [-0.4, -0.2) is 10.9 Å². The number of hydrogen-bond acceptors (Lipinski definition) is 1. The second-order valence-electron chi connectivity index (χ2n) is 7.12. The fourth-order valence-corrected chi connectivity index (χ4v) is 3.91. The summed E-state index contributed by atoms with van der Waals surface area (Å²) in [5, 5.41) is 0. The molecule has 0 bridgehead atoms. The first-order chi connectivity index (χ1) is 12.4. The Labute approximate surface area is 154 Å². The van der Waals surface area contributed by atoms with E-state index in [1.165, 1.54) is 12.1 Å². The topological polar surface area (TPSA) is 22.0 Å². The molecule has 3 rings (SSSR count). The largest absolute Gasteiger partial charge is 0.312 e. The molecule has 134 valence electrons. The molecule has 26 heavy (non-hydrogen) atoms. The summed E-state index contributed by atoms with van der Waals surface area (Å²) in [5.41, 5.74) is 7.81. The van der Waals surface area contributed by atoms with Crippen LogP contribution in [0.5, 0.6) is 0 Å². The Morgan fingerprint density at radius 3 is 2.04 bits per heavy atom. The molecule has 0 aliphatic rings. The van der Waals surface area contributed by atoms with Gasteiger partial charge in [-0.1, -0.05) is 32.0 Å². The molecule has 1 aromatic heterocycles. The van der Waals surface area contributed by atoms with Gasteiger partial charge < -0.3 is 4.57 Å². The van der Waals surface area contributed by atoms with Crippen molar-refractivity contribution in [1.29, 1.82) is 0 Å². The quantitative estimate of drug-likeness (QED) is 0.518. The molecule has 0 N–H and O–H groups in total. The highest BCUT2D eigenvalue weighted by molar-refractivity contribution is 5.91.